The summed E-state index contributed by atoms with van der Waals surface area (Å²) < 4.78 is 0. The number of hydrogen-bond donors (Lipinski definition) is 0. The average molecular weight is 238 g/mol. The van der Waals surface area contributed by atoms with Crippen LogP contribution in [0.25, 0.3) is 0 Å². The Bertz CT molecular complexity index is 262. The highest BCUT2D eigenvalue weighted by Gasteiger charge is 2.36. The summed E-state index contributed by atoms with van der Waals surface area (Å²) in [7, 11) is 0. The van der Waals surface area contributed by atoms with E-state index in [-0.39, 0.29) is 5.41 Å². The number of carbonyl (C=O) groups is 1. The van der Waals surface area contributed by atoms with Crippen LogP contribution >= 0.6 is 0 Å². The molecule has 0 heterocycles. The maximum Gasteiger partial charge on any atom is 0.130 e. The number of ketones is 1. The second-order valence-electron chi connectivity index (χ2n) is 7.78. The molecule has 0 radical (unpaired) electrons. The summed E-state index contributed by atoms with van der Waals surface area (Å²) >= 11 is 0. The van der Waals surface area contributed by atoms with Crippen molar-refractivity contribution in [2.75, 3.05) is 0 Å². The van der Waals surface area contributed by atoms with Gasteiger partial charge in [0.15, 0.2) is 0 Å². The molecule has 0 unspecified atom stereocenters. The molecule has 0 spiro atoms. The zero-order chi connectivity index (χ0) is 13.3. The molecule has 17 heavy (non-hydrogen) atoms. The molecule has 0 aliphatic heterocycles. The van der Waals surface area contributed by atoms with Crippen molar-refractivity contribution in [2.24, 2.45) is 22.7 Å². The van der Waals surface area contributed by atoms with Crippen LogP contribution in [0.4, 0.5) is 0 Å². The third-order valence-corrected chi connectivity index (χ3v) is 4.76. The Hall–Kier alpha value is -0.330. The molecule has 0 bridgehead atoms. The van der Waals surface area contributed by atoms with Gasteiger partial charge in [-0.25, -0.2) is 0 Å². The van der Waals surface area contributed by atoms with Crippen molar-refractivity contribution in [1.82, 2.24) is 0 Å². The first kappa shape index (κ1) is 14.7. The molecule has 1 aliphatic carbocycles. The molecule has 100 valence electrons. The van der Waals surface area contributed by atoms with Crippen LogP contribution in [-0.2, 0) is 4.79 Å². The highest BCUT2D eigenvalue weighted by atomic mass is 16.1. The summed E-state index contributed by atoms with van der Waals surface area (Å²) in [6, 6.07) is 0. The van der Waals surface area contributed by atoms with E-state index in [9.17, 15) is 4.79 Å². The Morgan fingerprint density at radius 1 is 0.941 bits per heavy atom. The summed E-state index contributed by atoms with van der Waals surface area (Å²) in [5.74, 6) is 1.95. The fraction of sp³-hybridized carbons (Fsp3) is 0.938. The Morgan fingerprint density at radius 2 is 1.35 bits per heavy atom. The summed E-state index contributed by atoms with van der Waals surface area (Å²) in [5.41, 5.74) is 0.657. The summed E-state index contributed by atoms with van der Waals surface area (Å²) in [4.78, 5) is 11.3. The zero-order valence-electron chi connectivity index (χ0n) is 12.6. The van der Waals surface area contributed by atoms with Crippen LogP contribution in [0.1, 0.15) is 73.6 Å². The monoisotopic (exact) mass is 238 g/mol. The molecule has 0 aromatic carbocycles. The topological polar surface area (TPSA) is 17.1 Å². The van der Waals surface area contributed by atoms with Crippen molar-refractivity contribution in [2.45, 2.75) is 73.6 Å². The maximum absolute atomic E-state index is 11.3. The smallest absolute Gasteiger partial charge is 0.130 e. The van der Waals surface area contributed by atoms with Gasteiger partial charge in [0.25, 0.3) is 0 Å². The fourth-order valence-electron chi connectivity index (χ4n) is 3.53. The molecule has 0 atom stereocenters. The molecule has 1 rings (SSSR count). The first-order valence-electron chi connectivity index (χ1n) is 7.12. The van der Waals surface area contributed by atoms with Crippen molar-refractivity contribution >= 4 is 5.78 Å². The van der Waals surface area contributed by atoms with E-state index < -0.39 is 0 Å². The van der Waals surface area contributed by atoms with Crippen molar-refractivity contribution in [3.63, 3.8) is 0 Å². The Morgan fingerprint density at radius 3 is 1.71 bits per heavy atom. The minimum Gasteiger partial charge on any atom is -0.300 e. The van der Waals surface area contributed by atoms with E-state index in [1.807, 2.05) is 0 Å². The van der Waals surface area contributed by atoms with Crippen LogP contribution in [0.5, 0.6) is 0 Å². The molecule has 0 aromatic rings. The van der Waals surface area contributed by atoms with Gasteiger partial charge in [-0.2, -0.15) is 0 Å². The zero-order valence-corrected chi connectivity index (χ0v) is 12.6. The molecule has 1 nitrogen and oxygen atoms in total. The van der Waals surface area contributed by atoms with Gasteiger partial charge in [0.1, 0.15) is 5.78 Å². The summed E-state index contributed by atoms with van der Waals surface area (Å²) in [5, 5.41) is 0. The van der Waals surface area contributed by atoms with E-state index in [1.54, 1.807) is 6.92 Å². The molecular weight excluding hydrogens is 208 g/mol. The Kier molecular flexibility index (Phi) is 4.43. The molecule has 0 amide bonds. The number of carbonyl (C=O) groups excluding carboxylic acids is 1. The van der Waals surface area contributed by atoms with Crippen LogP contribution < -0.4 is 0 Å². The molecular formula is C16H30O. The molecule has 0 saturated heterocycles. The fourth-order valence-corrected chi connectivity index (χ4v) is 3.53. The largest absolute Gasteiger partial charge is 0.300 e. The minimum absolute atomic E-state index is 0.203. The summed E-state index contributed by atoms with van der Waals surface area (Å²) in [6.45, 7) is 13.4. The Balaban J connectivity index is 2.54. The Labute approximate surface area is 107 Å². The number of Topliss-reactive ketones (excluding diaryl/α,β-unsaturated/α-hetero) is 1. The molecule has 1 fully saturated rings. The highest BCUT2D eigenvalue weighted by Crippen LogP contribution is 2.46. The van der Waals surface area contributed by atoms with E-state index in [0.29, 0.717) is 11.2 Å². The lowest BCUT2D eigenvalue weighted by Crippen LogP contribution is -2.33. The van der Waals surface area contributed by atoms with E-state index >= 15 is 0 Å². The van der Waals surface area contributed by atoms with Crippen LogP contribution in [0.3, 0.4) is 0 Å². The van der Waals surface area contributed by atoms with Crippen molar-refractivity contribution in [1.29, 1.82) is 0 Å². The molecule has 0 aromatic heterocycles. The average Bonchev–Trinajstić information content (AvgIpc) is 2.14. The lowest BCUT2D eigenvalue weighted by Gasteiger charge is -2.42. The van der Waals surface area contributed by atoms with Gasteiger partial charge in [0.05, 0.1) is 0 Å². The van der Waals surface area contributed by atoms with Crippen LogP contribution in [0.2, 0.25) is 0 Å². The van der Waals surface area contributed by atoms with Gasteiger partial charge >= 0.3 is 0 Å². The van der Waals surface area contributed by atoms with Gasteiger partial charge < -0.3 is 4.79 Å². The van der Waals surface area contributed by atoms with Gasteiger partial charge in [-0.05, 0) is 55.3 Å². The van der Waals surface area contributed by atoms with E-state index in [1.165, 1.54) is 25.7 Å². The third-order valence-electron chi connectivity index (χ3n) is 4.76. The second-order valence-corrected chi connectivity index (χ2v) is 7.78. The van der Waals surface area contributed by atoms with Crippen LogP contribution in [0, 0.1) is 22.7 Å². The normalized spacial score (nSPS) is 26.9. The summed E-state index contributed by atoms with van der Waals surface area (Å²) in [6.07, 6.45) is 6.05. The van der Waals surface area contributed by atoms with Gasteiger partial charge in [0, 0.05) is 6.42 Å². The first-order chi connectivity index (χ1) is 7.63. The second kappa shape index (κ2) is 5.12. The van der Waals surface area contributed by atoms with Gasteiger partial charge in [-0.1, -0.05) is 34.6 Å². The molecule has 1 saturated carbocycles. The molecule has 1 aliphatic rings. The van der Waals surface area contributed by atoms with E-state index in [4.69, 9.17) is 0 Å². The predicted molar refractivity (Wildman–Crippen MR) is 74.0 cm³/mol. The standard InChI is InChI=1S/C16H30O/c1-12(17)11-16(5,6)14-9-7-13(8-10-14)15(2,3)4/h13-14H,7-11H2,1-6H3. The van der Waals surface area contributed by atoms with Crippen molar-refractivity contribution < 1.29 is 4.79 Å². The number of hydrogen-bond acceptors (Lipinski definition) is 1. The molecule has 0 N–H and O–H groups in total. The van der Waals surface area contributed by atoms with Crippen LogP contribution in [0.15, 0.2) is 0 Å². The molecule has 1 heteroatoms. The van der Waals surface area contributed by atoms with Crippen LogP contribution in [-0.4, -0.2) is 5.78 Å². The van der Waals surface area contributed by atoms with E-state index in [2.05, 4.69) is 34.6 Å². The van der Waals surface area contributed by atoms with E-state index in [0.717, 1.165) is 18.3 Å². The lowest BCUT2D eigenvalue weighted by atomic mass is 9.63. The number of rotatable bonds is 3. The highest BCUT2D eigenvalue weighted by molar-refractivity contribution is 5.76. The SMILES string of the molecule is CC(=O)CC(C)(C)C1CCC(C(C)(C)C)CC1. The van der Waals surface area contributed by atoms with Gasteiger partial charge in [-0.15, -0.1) is 0 Å². The minimum atomic E-state index is 0.203. The third kappa shape index (κ3) is 4.12. The van der Waals surface area contributed by atoms with Crippen molar-refractivity contribution in [3.05, 3.63) is 0 Å². The predicted octanol–water partition coefficient (Wildman–Crippen LogP) is 4.84. The first-order valence-corrected chi connectivity index (χ1v) is 7.12. The van der Waals surface area contributed by atoms with Gasteiger partial charge in [-0.3, -0.25) is 0 Å². The van der Waals surface area contributed by atoms with Gasteiger partial charge in [0.2, 0.25) is 0 Å². The lowest BCUT2D eigenvalue weighted by molar-refractivity contribution is -0.119. The maximum atomic E-state index is 11.3. The van der Waals surface area contributed by atoms with Crippen molar-refractivity contribution in [3.8, 4) is 0 Å². The quantitative estimate of drug-likeness (QED) is 0.687.